The number of aliphatic hydroxyl groups excluding tert-OH is 1. The molecule has 3 N–H and O–H groups in total. The minimum absolute atomic E-state index is 0.194. The van der Waals surface area contributed by atoms with E-state index in [1.165, 1.54) is 0 Å². The van der Waals surface area contributed by atoms with Crippen molar-refractivity contribution in [3.8, 4) is 0 Å². The second-order valence-corrected chi connectivity index (χ2v) is 5.57. The standard InChI is InChI=1S/C17H23N3O3/c1-11(16-12(2)20-23-13(16)3)19-17(22)18-10-9-15(21)14-7-5-4-6-8-14/h4-8,11,15,21H,9-10H2,1-3H3,(H2,18,19,22). The second kappa shape index (κ2) is 7.78. The van der Waals surface area contributed by atoms with Gasteiger partial charge in [0, 0.05) is 12.1 Å². The zero-order chi connectivity index (χ0) is 16.8. The van der Waals surface area contributed by atoms with Crippen LogP contribution in [0, 0.1) is 13.8 Å². The number of hydrogen-bond acceptors (Lipinski definition) is 4. The Labute approximate surface area is 135 Å². The van der Waals surface area contributed by atoms with Crippen molar-refractivity contribution in [3.05, 3.63) is 52.9 Å². The Hall–Kier alpha value is -2.34. The predicted molar refractivity (Wildman–Crippen MR) is 86.9 cm³/mol. The molecule has 2 rings (SSSR count). The van der Waals surface area contributed by atoms with E-state index in [0.29, 0.717) is 18.7 Å². The van der Waals surface area contributed by atoms with Gasteiger partial charge in [-0.05, 0) is 32.8 Å². The monoisotopic (exact) mass is 317 g/mol. The van der Waals surface area contributed by atoms with Crippen LogP contribution in [0.2, 0.25) is 0 Å². The highest BCUT2D eigenvalue weighted by Gasteiger charge is 2.18. The molecule has 1 aromatic heterocycles. The molecule has 124 valence electrons. The average molecular weight is 317 g/mol. The quantitative estimate of drug-likeness (QED) is 0.764. The summed E-state index contributed by atoms with van der Waals surface area (Å²) < 4.78 is 5.10. The number of benzene rings is 1. The van der Waals surface area contributed by atoms with Crippen LogP contribution in [0.25, 0.3) is 0 Å². The lowest BCUT2D eigenvalue weighted by Crippen LogP contribution is -2.38. The van der Waals surface area contributed by atoms with Gasteiger partial charge in [-0.3, -0.25) is 0 Å². The Morgan fingerprint density at radius 1 is 1.30 bits per heavy atom. The van der Waals surface area contributed by atoms with Crippen LogP contribution in [0.15, 0.2) is 34.9 Å². The fourth-order valence-corrected chi connectivity index (χ4v) is 2.59. The molecule has 2 amide bonds. The van der Waals surface area contributed by atoms with Gasteiger partial charge in [0.15, 0.2) is 0 Å². The highest BCUT2D eigenvalue weighted by atomic mass is 16.5. The number of aliphatic hydroxyl groups is 1. The largest absolute Gasteiger partial charge is 0.388 e. The van der Waals surface area contributed by atoms with Gasteiger partial charge < -0.3 is 20.3 Å². The number of amides is 2. The summed E-state index contributed by atoms with van der Waals surface area (Å²) in [4.78, 5) is 11.9. The number of nitrogens with one attached hydrogen (secondary N) is 2. The molecule has 2 atom stereocenters. The topological polar surface area (TPSA) is 87.4 Å². The average Bonchev–Trinajstić information content (AvgIpc) is 2.87. The zero-order valence-corrected chi connectivity index (χ0v) is 13.7. The Morgan fingerprint density at radius 2 is 2.00 bits per heavy atom. The molecular weight excluding hydrogens is 294 g/mol. The lowest BCUT2D eigenvalue weighted by atomic mass is 10.1. The molecule has 0 aliphatic rings. The van der Waals surface area contributed by atoms with Crippen molar-refractivity contribution in [1.82, 2.24) is 15.8 Å². The van der Waals surface area contributed by atoms with Gasteiger partial charge in [0.2, 0.25) is 0 Å². The first kappa shape index (κ1) is 17.0. The minimum Gasteiger partial charge on any atom is -0.388 e. The number of carbonyl (C=O) groups excluding carboxylic acids is 1. The molecule has 0 fully saturated rings. The molecular formula is C17H23N3O3. The minimum atomic E-state index is -0.587. The Balaban J connectivity index is 1.77. The number of rotatable bonds is 6. The van der Waals surface area contributed by atoms with Crippen molar-refractivity contribution in [3.63, 3.8) is 0 Å². The van der Waals surface area contributed by atoms with Gasteiger partial charge in [-0.1, -0.05) is 35.5 Å². The van der Waals surface area contributed by atoms with Crippen LogP contribution >= 0.6 is 0 Å². The van der Waals surface area contributed by atoms with Crippen LogP contribution in [0.1, 0.15) is 48.1 Å². The van der Waals surface area contributed by atoms with E-state index in [2.05, 4.69) is 15.8 Å². The summed E-state index contributed by atoms with van der Waals surface area (Å²) in [6.45, 7) is 5.93. The number of aryl methyl sites for hydroxylation is 2. The summed E-state index contributed by atoms with van der Waals surface area (Å²) in [5, 5.41) is 19.5. The normalized spacial score (nSPS) is 13.4. The molecule has 2 aromatic rings. The summed E-state index contributed by atoms with van der Waals surface area (Å²) in [7, 11) is 0. The molecule has 23 heavy (non-hydrogen) atoms. The lowest BCUT2D eigenvalue weighted by molar-refractivity contribution is 0.166. The molecule has 0 saturated heterocycles. The maximum atomic E-state index is 11.9. The van der Waals surface area contributed by atoms with Crippen molar-refractivity contribution in [2.75, 3.05) is 6.54 Å². The summed E-state index contributed by atoms with van der Waals surface area (Å²) >= 11 is 0. The van der Waals surface area contributed by atoms with Gasteiger partial charge in [0.05, 0.1) is 17.8 Å². The molecule has 2 unspecified atom stereocenters. The highest BCUT2D eigenvalue weighted by molar-refractivity contribution is 5.74. The number of nitrogens with zero attached hydrogens (tertiary/aromatic N) is 1. The van der Waals surface area contributed by atoms with Gasteiger partial charge in [-0.15, -0.1) is 0 Å². The molecule has 0 aliphatic heterocycles. The lowest BCUT2D eigenvalue weighted by Gasteiger charge is -2.15. The number of hydrogen-bond donors (Lipinski definition) is 3. The summed E-state index contributed by atoms with van der Waals surface area (Å²) in [6.07, 6.45) is -0.131. The van der Waals surface area contributed by atoms with E-state index in [1.54, 1.807) is 0 Å². The van der Waals surface area contributed by atoms with Gasteiger partial charge in [0.1, 0.15) is 5.76 Å². The van der Waals surface area contributed by atoms with Gasteiger partial charge in [-0.25, -0.2) is 4.79 Å². The first-order chi connectivity index (χ1) is 11.0. The maximum absolute atomic E-state index is 11.9. The predicted octanol–water partition coefficient (Wildman–Crippen LogP) is 2.78. The molecule has 0 bridgehead atoms. The van der Waals surface area contributed by atoms with Crippen LogP contribution in [0.5, 0.6) is 0 Å². The van der Waals surface area contributed by atoms with Gasteiger partial charge in [0.25, 0.3) is 0 Å². The summed E-state index contributed by atoms with van der Waals surface area (Å²) in [6, 6.07) is 8.92. The third-order valence-electron chi connectivity index (χ3n) is 3.76. The number of aromatic nitrogens is 1. The van der Waals surface area contributed by atoms with Crippen molar-refractivity contribution in [1.29, 1.82) is 0 Å². The Bertz CT molecular complexity index is 620. The van der Waals surface area contributed by atoms with E-state index in [4.69, 9.17) is 4.52 Å². The SMILES string of the molecule is Cc1noc(C)c1C(C)NC(=O)NCCC(O)c1ccccc1. The highest BCUT2D eigenvalue weighted by Crippen LogP contribution is 2.20. The van der Waals surface area contributed by atoms with E-state index in [1.807, 2.05) is 51.1 Å². The number of urea groups is 1. The fourth-order valence-electron chi connectivity index (χ4n) is 2.59. The van der Waals surface area contributed by atoms with Crippen LogP contribution in [0.4, 0.5) is 4.79 Å². The molecule has 6 nitrogen and oxygen atoms in total. The van der Waals surface area contributed by atoms with Crippen LogP contribution in [-0.2, 0) is 0 Å². The molecule has 1 aromatic carbocycles. The second-order valence-electron chi connectivity index (χ2n) is 5.57. The third-order valence-corrected chi connectivity index (χ3v) is 3.76. The first-order valence-corrected chi connectivity index (χ1v) is 7.69. The van der Waals surface area contributed by atoms with Gasteiger partial charge in [-0.2, -0.15) is 0 Å². The number of carbonyl (C=O) groups is 1. The molecule has 0 aliphatic carbocycles. The molecule has 1 heterocycles. The van der Waals surface area contributed by atoms with Crippen molar-refractivity contribution >= 4 is 6.03 Å². The van der Waals surface area contributed by atoms with E-state index in [0.717, 1.165) is 16.8 Å². The Kier molecular flexibility index (Phi) is 5.76. The molecule has 0 saturated carbocycles. The fraction of sp³-hybridized carbons (Fsp3) is 0.412. The van der Waals surface area contributed by atoms with E-state index in [-0.39, 0.29) is 12.1 Å². The maximum Gasteiger partial charge on any atom is 0.315 e. The smallest absolute Gasteiger partial charge is 0.315 e. The van der Waals surface area contributed by atoms with Crippen LogP contribution < -0.4 is 10.6 Å². The van der Waals surface area contributed by atoms with Crippen LogP contribution in [-0.4, -0.2) is 22.8 Å². The molecule has 6 heteroatoms. The van der Waals surface area contributed by atoms with E-state index < -0.39 is 6.10 Å². The van der Waals surface area contributed by atoms with E-state index in [9.17, 15) is 9.90 Å². The Morgan fingerprint density at radius 3 is 2.61 bits per heavy atom. The van der Waals surface area contributed by atoms with Crippen molar-refractivity contribution in [2.45, 2.75) is 39.3 Å². The third kappa shape index (κ3) is 4.56. The zero-order valence-electron chi connectivity index (χ0n) is 13.7. The summed E-state index contributed by atoms with van der Waals surface area (Å²) in [5.41, 5.74) is 2.51. The first-order valence-electron chi connectivity index (χ1n) is 7.69. The van der Waals surface area contributed by atoms with E-state index >= 15 is 0 Å². The van der Waals surface area contributed by atoms with Crippen molar-refractivity contribution in [2.24, 2.45) is 0 Å². The molecule has 0 spiro atoms. The van der Waals surface area contributed by atoms with Crippen molar-refractivity contribution < 1.29 is 14.4 Å². The van der Waals surface area contributed by atoms with Gasteiger partial charge >= 0.3 is 6.03 Å². The van der Waals surface area contributed by atoms with Crippen LogP contribution in [0.3, 0.4) is 0 Å². The molecule has 0 radical (unpaired) electrons. The summed E-state index contributed by atoms with van der Waals surface area (Å²) in [5.74, 6) is 0.704.